The number of anilines is 1. The topological polar surface area (TPSA) is 122 Å². The normalized spacial score (nSPS) is 24.3. The summed E-state index contributed by atoms with van der Waals surface area (Å²) < 4.78 is 5.02. The molecule has 3 aliphatic rings. The van der Waals surface area contributed by atoms with Crippen LogP contribution in [0.4, 0.5) is 5.69 Å². The van der Waals surface area contributed by atoms with Gasteiger partial charge in [0.05, 0.1) is 33.7 Å². The molecular formula is C25H22ClN3O6. The third-order valence-electron chi connectivity index (χ3n) is 7.04. The van der Waals surface area contributed by atoms with Gasteiger partial charge < -0.3 is 4.74 Å². The Balaban J connectivity index is 1.18. The summed E-state index contributed by atoms with van der Waals surface area (Å²) in [6.45, 7) is -0.652. The van der Waals surface area contributed by atoms with Crippen molar-refractivity contribution < 1.29 is 28.7 Å². The number of rotatable bonds is 5. The quantitative estimate of drug-likeness (QED) is 0.373. The van der Waals surface area contributed by atoms with Crippen LogP contribution in [-0.4, -0.2) is 36.2 Å². The van der Waals surface area contributed by atoms with Crippen molar-refractivity contribution in [2.24, 2.45) is 23.7 Å². The number of carbonyl (C=O) groups excluding carboxylic acids is 5. The minimum Gasteiger partial charge on any atom is -0.452 e. The Hall–Kier alpha value is -3.72. The fourth-order valence-corrected chi connectivity index (χ4v) is 5.75. The number of amides is 4. The van der Waals surface area contributed by atoms with Gasteiger partial charge in [-0.1, -0.05) is 29.8 Å². The average Bonchev–Trinajstić information content (AvgIpc) is 3.55. The van der Waals surface area contributed by atoms with Crippen LogP contribution < -0.4 is 15.8 Å². The molecule has 2 saturated carbocycles. The predicted molar refractivity (Wildman–Crippen MR) is 124 cm³/mol. The molecule has 2 N–H and O–H groups in total. The van der Waals surface area contributed by atoms with Crippen molar-refractivity contribution in [1.29, 1.82) is 0 Å². The Morgan fingerprint density at radius 1 is 0.943 bits per heavy atom. The van der Waals surface area contributed by atoms with Crippen LogP contribution in [0.5, 0.6) is 0 Å². The summed E-state index contributed by atoms with van der Waals surface area (Å²) in [5.74, 6) is -2.60. The molecule has 35 heavy (non-hydrogen) atoms. The van der Waals surface area contributed by atoms with Gasteiger partial charge in [-0.2, -0.15) is 0 Å². The molecule has 0 radical (unpaired) electrons. The number of hydrogen-bond donors (Lipinski definition) is 2. The smallest absolute Gasteiger partial charge is 0.338 e. The Labute approximate surface area is 205 Å². The summed E-state index contributed by atoms with van der Waals surface area (Å²) in [6, 6.07) is 12.4. The Morgan fingerprint density at radius 3 is 2.31 bits per heavy atom. The average molecular weight is 496 g/mol. The third-order valence-corrected chi connectivity index (χ3v) is 7.37. The van der Waals surface area contributed by atoms with Crippen molar-refractivity contribution in [3.05, 3.63) is 64.7 Å². The van der Waals surface area contributed by atoms with E-state index in [4.69, 9.17) is 16.3 Å². The van der Waals surface area contributed by atoms with Crippen molar-refractivity contribution in [3.8, 4) is 0 Å². The van der Waals surface area contributed by atoms with Crippen LogP contribution in [-0.2, 0) is 19.1 Å². The number of hydrazine groups is 1. The number of hydrogen-bond acceptors (Lipinski definition) is 6. The van der Waals surface area contributed by atoms with Crippen molar-refractivity contribution in [2.75, 3.05) is 11.5 Å². The Kier molecular flexibility index (Phi) is 6.02. The molecule has 1 heterocycles. The number of nitrogens with one attached hydrogen (secondary N) is 2. The standard InChI is InChI=1S/C25H22ClN3O6/c26-18-7-2-1-6-17(18)22(31)28-27-19(30)12-35-25(34)15-4-3-5-16(11-15)29-23(32)20-13-8-9-14(10-13)21(20)24(29)33/h1-7,11,13-14,20-21H,8-10,12H2,(H,27,30)(H,28,31)/t13-,14-,20+,21+/m0/s1. The number of benzene rings is 2. The second-order valence-electron chi connectivity index (χ2n) is 9.01. The number of ether oxygens (including phenoxy) is 1. The fourth-order valence-electron chi connectivity index (χ4n) is 5.52. The second-order valence-corrected chi connectivity index (χ2v) is 9.41. The number of fused-ring (bicyclic) bond motifs is 5. The number of halogens is 1. The highest BCUT2D eigenvalue weighted by molar-refractivity contribution is 6.33. The van der Waals surface area contributed by atoms with Crippen molar-refractivity contribution in [1.82, 2.24) is 10.9 Å². The molecule has 2 aromatic rings. The van der Waals surface area contributed by atoms with E-state index in [1.807, 2.05) is 0 Å². The molecule has 2 bridgehead atoms. The molecular weight excluding hydrogens is 474 g/mol. The predicted octanol–water partition coefficient (Wildman–Crippen LogP) is 2.49. The molecule has 4 atom stereocenters. The lowest BCUT2D eigenvalue weighted by molar-refractivity contribution is -0.125. The molecule has 0 unspecified atom stereocenters. The van der Waals surface area contributed by atoms with Crippen LogP contribution >= 0.6 is 11.6 Å². The largest absolute Gasteiger partial charge is 0.452 e. The summed E-state index contributed by atoms with van der Waals surface area (Å²) in [4.78, 5) is 63.8. The van der Waals surface area contributed by atoms with E-state index in [1.165, 1.54) is 29.2 Å². The molecule has 180 valence electrons. The lowest BCUT2D eigenvalue weighted by Gasteiger charge is -2.19. The van der Waals surface area contributed by atoms with Crippen LogP contribution in [0.2, 0.25) is 5.02 Å². The molecule has 1 aliphatic heterocycles. The zero-order valence-corrected chi connectivity index (χ0v) is 19.3. The maximum atomic E-state index is 13.0. The van der Waals surface area contributed by atoms with E-state index in [0.717, 1.165) is 19.3 Å². The first-order valence-corrected chi connectivity index (χ1v) is 11.7. The van der Waals surface area contributed by atoms with Gasteiger partial charge in [-0.05, 0) is 61.4 Å². The Bertz CT molecular complexity index is 1220. The minimum absolute atomic E-state index is 0.0936. The van der Waals surface area contributed by atoms with Gasteiger partial charge in [-0.15, -0.1) is 0 Å². The van der Waals surface area contributed by atoms with Gasteiger partial charge in [0.2, 0.25) is 11.8 Å². The van der Waals surface area contributed by atoms with Gasteiger partial charge in [0, 0.05) is 0 Å². The van der Waals surface area contributed by atoms with Crippen LogP contribution in [0.15, 0.2) is 48.5 Å². The molecule has 2 aliphatic carbocycles. The van der Waals surface area contributed by atoms with Crippen molar-refractivity contribution in [2.45, 2.75) is 19.3 Å². The van der Waals surface area contributed by atoms with Gasteiger partial charge in [0.25, 0.3) is 11.8 Å². The summed E-state index contributed by atoms with van der Waals surface area (Å²) in [7, 11) is 0. The number of nitrogens with zero attached hydrogens (tertiary/aromatic N) is 1. The first-order valence-electron chi connectivity index (χ1n) is 11.3. The van der Waals surface area contributed by atoms with Crippen LogP contribution in [0.1, 0.15) is 40.0 Å². The van der Waals surface area contributed by atoms with Crippen LogP contribution in [0.25, 0.3) is 0 Å². The molecule has 1 saturated heterocycles. The van der Waals surface area contributed by atoms with E-state index in [0.29, 0.717) is 5.69 Å². The van der Waals surface area contributed by atoms with E-state index >= 15 is 0 Å². The molecule has 10 heteroatoms. The van der Waals surface area contributed by atoms with Crippen LogP contribution in [0.3, 0.4) is 0 Å². The SMILES string of the molecule is O=C(COC(=O)c1cccc(N2C(=O)[C@@H]3[C@H]4CC[C@@H](C4)[C@H]3C2=O)c1)NNC(=O)c1ccccc1Cl. The zero-order chi connectivity index (χ0) is 24.7. The van der Waals surface area contributed by atoms with Crippen LogP contribution in [0, 0.1) is 23.7 Å². The lowest BCUT2D eigenvalue weighted by Crippen LogP contribution is -2.43. The van der Waals surface area contributed by atoms with E-state index in [1.54, 1.807) is 24.3 Å². The summed E-state index contributed by atoms with van der Waals surface area (Å²) in [6.07, 6.45) is 2.89. The highest BCUT2D eigenvalue weighted by Gasteiger charge is 2.61. The molecule has 3 fully saturated rings. The molecule has 0 spiro atoms. The van der Waals surface area contributed by atoms with E-state index in [9.17, 15) is 24.0 Å². The van der Waals surface area contributed by atoms with E-state index in [2.05, 4.69) is 10.9 Å². The number of esters is 1. The first kappa shape index (κ1) is 23.0. The van der Waals surface area contributed by atoms with Gasteiger partial charge in [-0.25, -0.2) is 4.79 Å². The highest BCUT2D eigenvalue weighted by atomic mass is 35.5. The number of carbonyl (C=O) groups is 5. The third kappa shape index (κ3) is 4.16. The van der Waals surface area contributed by atoms with Crippen molar-refractivity contribution >= 4 is 46.9 Å². The van der Waals surface area contributed by atoms with Gasteiger partial charge >= 0.3 is 5.97 Å². The zero-order valence-electron chi connectivity index (χ0n) is 18.5. The number of imide groups is 1. The summed E-state index contributed by atoms with van der Waals surface area (Å²) in [5.41, 5.74) is 4.93. The van der Waals surface area contributed by atoms with Gasteiger partial charge in [0.15, 0.2) is 6.61 Å². The highest BCUT2D eigenvalue weighted by Crippen LogP contribution is 2.56. The molecule has 4 amide bonds. The van der Waals surface area contributed by atoms with E-state index in [-0.39, 0.29) is 51.6 Å². The Morgan fingerprint density at radius 2 is 1.63 bits per heavy atom. The first-order chi connectivity index (χ1) is 16.8. The molecule has 9 nitrogen and oxygen atoms in total. The van der Waals surface area contributed by atoms with Gasteiger partial charge in [-0.3, -0.25) is 34.9 Å². The maximum absolute atomic E-state index is 13.0. The van der Waals surface area contributed by atoms with Gasteiger partial charge in [0.1, 0.15) is 0 Å². The fraction of sp³-hybridized carbons (Fsp3) is 0.320. The molecule has 2 aromatic carbocycles. The molecule has 0 aromatic heterocycles. The van der Waals surface area contributed by atoms with E-state index < -0.39 is 24.4 Å². The monoisotopic (exact) mass is 495 g/mol. The second kappa shape index (κ2) is 9.14. The van der Waals surface area contributed by atoms with Crippen molar-refractivity contribution in [3.63, 3.8) is 0 Å². The summed E-state index contributed by atoms with van der Waals surface area (Å²) >= 11 is 5.94. The maximum Gasteiger partial charge on any atom is 0.338 e. The minimum atomic E-state index is -0.807. The molecule has 5 rings (SSSR count). The summed E-state index contributed by atoms with van der Waals surface area (Å²) in [5, 5.41) is 0.219. The lowest BCUT2D eigenvalue weighted by atomic mass is 9.81.